The number of carbonyl (C=O) groups is 1. The normalized spacial score (nSPS) is 14.8. The molecule has 0 aliphatic heterocycles. The molecule has 6 nitrogen and oxygen atoms in total. The second-order valence-corrected chi connectivity index (χ2v) is 4.79. The Morgan fingerprint density at radius 1 is 1.58 bits per heavy atom. The van der Waals surface area contributed by atoms with E-state index in [-0.39, 0.29) is 0 Å². The van der Waals surface area contributed by atoms with E-state index in [0.29, 0.717) is 35.2 Å². The van der Waals surface area contributed by atoms with E-state index in [1.807, 2.05) is 6.07 Å². The van der Waals surface area contributed by atoms with Gasteiger partial charge in [-0.3, -0.25) is 0 Å². The monoisotopic (exact) mass is 260 g/mol. The highest BCUT2D eigenvalue weighted by molar-refractivity contribution is 5.95. The lowest BCUT2D eigenvalue weighted by molar-refractivity contribution is 0.0525. The van der Waals surface area contributed by atoms with E-state index in [1.54, 1.807) is 13.8 Å². The van der Waals surface area contributed by atoms with E-state index in [9.17, 15) is 4.79 Å². The summed E-state index contributed by atoms with van der Waals surface area (Å²) in [6.45, 7) is 3.82. The maximum atomic E-state index is 11.9. The molecule has 6 heteroatoms. The lowest BCUT2D eigenvalue weighted by Crippen LogP contribution is -2.15. The molecule has 0 atom stereocenters. The highest BCUT2D eigenvalue weighted by Crippen LogP contribution is 2.39. The Hall–Kier alpha value is -2.11. The SMILES string of the molecule is CCOC(=O)c1c(C)nc2cc(C3CC3)nn2c1N. The molecule has 19 heavy (non-hydrogen) atoms. The number of carbonyl (C=O) groups excluding carboxylic acids is 1. The predicted octanol–water partition coefficient (Wildman–Crippen LogP) is 1.67. The number of anilines is 1. The van der Waals surface area contributed by atoms with Crippen LogP contribution >= 0.6 is 0 Å². The molecular formula is C13H16N4O2. The number of nitrogens with zero attached hydrogens (tertiary/aromatic N) is 3. The van der Waals surface area contributed by atoms with Crippen molar-refractivity contribution in [3.8, 4) is 0 Å². The molecule has 0 aromatic carbocycles. The van der Waals surface area contributed by atoms with Crippen LogP contribution in [-0.2, 0) is 4.74 Å². The summed E-state index contributed by atoms with van der Waals surface area (Å²) in [5, 5.41) is 4.44. The molecule has 3 rings (SSSR count). The molecule has 1 aliphatic carbocycles. The predicted molar refractivity (Wildman–Crippen MR) is 70.1 cm³/mol. The molecule has 2 aromatic heterocycles. The molecule has 1 aliphatic rings. The molecule has 0 unspecified atom stereocenters. The largest absolute Gasteiger partial charge is 0.462 e. The Morgan fingerprint density at radius 3 is 2.95 bits per heavy atom. The topological polar surface area (TPSA) is 82.5 Å². The van der Waals surface area contributed by atoms with Gasteiger partial charge in [-0.15, -0.1) is 0 Å². The second kappa shape index (κ2) is 4.22. The first-order valence-electron chi connectivity index (χ1n) is 6.44. The van der Waals surface area contributed by atoms with Gasteiger partial charge in [0.25, 0.3) is 0 Å². The Kier molecular flexibility index (Phi) is 2.66. The fourth-order valence-corrected chi connectivity index (χ4v) is 2.20. The zero-order valence-corrected chi connectivity index (χ0v) is 11.0. The number of esters is 1. The van der Waals surface area contributed by atoms with Gasteiger partial charge in [0.15, 0.2) is 5.65 Å². The average molecular weight is 260 g/mol. The standard InChI is InChI=1S/C13H16N4O2/c1-3-19-13(18)11-7(2)15-10-6-9(8-4-5-8)16-17(10)12(11)14/h6,8H,3-5,14H2,1-2H3. The fraction of sp³-hybridized carbons (Fsp3) is 0.462. The molecule has 1 saturated carbocycles. The number of hydrogen-bond donors (Lipinski definition) is 1. The summed E-state index contributed by atoms with van der Waals surface area (Å²) < 4.78 is 6.54. The van der Waals surface area contributed by atoms with E-state index >= 15 is 0 Å². The summed E-state index contributed by atoms with van der Waals surface area (Å²) in [5.74, 6) is 0.371. The van der Waals surface area contributed by atoms with Gasteiger partial charge in [-0.05, 0) is 26.7 Å². The van der Waals surface area contributed by atoms with Crippen molar-refractivity contribution >= 4 is 17.4 Å². The molecule has 0 radical (unpaired) electrons. The van der Waals surface area contributed by atoms with Gasteiger partial charge in [0.2, 0.25) is 0 Å². The number of ether oxygens (including phenoxy) is 1. The van der Waals surface area contributed by atoms with Crippen LogP contribution < -0.4 is 5.73 Å². The van der Waals surface area contributed by atoms with Crippen LogP contribution in [0.1, 0.15) is 47.4 Å². The van der Waals surface area contributed by atoms with Crippen molar-refractivity contribution in [3.63, 3.8) is 0 Å². The summed E-state index contributed by atoms with van der Waals surface area (Å²) in [6.07, 6.45) is 2.32. The van der Waals surface area contributed by atoms with Crippen molar-refractivity contribution in [3.05, 3.63) is 23.0 Å². The van der Waals surface area contributed by atoms with Crippen LogP contribution in [0.25, 0.3) is 5.65 Å². The maximum Gasteiger partial charge on any atom is 0.343 e. The molecular weight excluding hydrogens is 244 g/mol. The van der Waals surface area contributed by atoms with Gasteiger partial charge in [-0.2, -0.15) is 9.61 Å². The average Bonchev–Trinajstić information content (AvgIpc) is 3.11. The highest BCUT2D eigenvalue weighted by atomic mass is 16.5. The smallest absolute Gasteiger partial charge is 0.343 e. The van der Waals surface area contributed by atoms with Gasteiger partial charge >= 0.3 is 5.97 Å². The lowest BCUT2D eigenvalue weighted by Gasteiger charge is -2.09. The number of aryl methyl sites for hydroxylation is 1. The van der Waals surface area contributed by atoms with Crippen molar-refractivity contribution in [2.24, 2.45) is 0 Å². The zero-order valence-electron chi connectivity index (χ0n) is 11.0. The quantitative estimate of drug-likeness (QED) is 0.849. The van der Waals surface area contributed by atoms with Crippen molar-refractivity contribution < 1.29 is 9.53 Å². The fourth-order valence-electron chi connectivity index (χ4n) is 2.20. The van der Waals surface area contributed by atoms with Crippen molar-refractivity contribution in [2.75, 3.05) is 12.3 Å². The van der Waals surface area contributed by atoms with Crippen molar-refractivity contribution in [2.45, 2.75) is 32.6 Å². The van der Waals surface area contributed by atoms with Crippen LogP contribution in [-0.4, -0.2) is 27.2 Å². The molecule has 2 heterocycles. The molecule has 0 saturated heterocycles. The Labute approximate surface area is 110 Å². The Bertz CT molecular complexity index is 658. The lowest BCUT2D eigenvalue weighted by atomic mass is 10.2. The number of fused-ring (bicyclic) bond motifs is 1. The minimum absolute atomic E-state index is 0.299. The van der Waals surface area contributed by atoms with Gasteiger partial charge in [0.05, 0.1) is 18.0 Å². The van der Waals surface area contributed by atoms with Gasteiger partial charge < -0.3 is 10.5 Å². The summed E-state index contributed by atoms with van der Waals surface area (Å²) >= 11 is 0. The Morgan fingerprint density at radius 2 is 2.32 bits per heavy atom. The summed E-state index contributed by atoms with van der Waals surface area (Å²) in [5.41, 5.74) is 8.61. The third kappa shape index (κ3) is 1.93. The Balaban J connectivity index is 2.14. The van der Waals surface area contributed by atoms with Crippen LogP contribution in [0, 0.1) is 6.92 Å². The minimum Gasteiger partial charge on any atom is -0.462 e. The van der Waals surface area contributed by atoms with Crippen LogP contribution in [0.4, 0.5) is 5.82 Å². The number of nitrogens with two attached hydrogens (primary N) is 1. The van der Waals surface area contributed by atoms with E-state index < -0.39 is 5.97 Å². The third-order valence-corrected chi connectivity index (χ3v) is 3.31. The zero-order chi connectivity index (χ0) is 13.6. The molecule has 0 bridgehead atoms. The van der Waals surface area contributed by atoms with Crippen LogP contribution in [0.3, 0.4) is 0 Å². The first-order chi connectivity index (χ1) is 9.11. The first-order valence-corrected chi connectivity index (χ1v) is 6.44. The van der Waals surface area contributed by atoms with Gasteiger partial charge in [0, 0.05) is 12.0 Å². The van der Waals surface area contributed by atoms with Crippen LogP contribution in [0.15, 0.2) is 6.07 Å². The minimum atomic E-state index is -0.449. The van der Waals surface area contributed by atoms with Crippen LogP contribution in [0.2, 0.25) is 0 Å². The maximum absolute atomic E-state index is 11.9. The van der Waals surface area contributed by atoms with E-state index in [2.05, 4.69) is 10.1 Å². The van der Waals surface area contributed by atoms with Crippen molar-refractivity contribution in [1.82, 2.24) is 14.6 Å². The summed E-state index contributed by atoms with van der Waals surface area (Å²) in [7, 11) is 0. The van der Waals surface area contributed by atoms with Crippen LogP contribution in [0.5, 0.6) is 0 Å². The number of nitrogen functional groups attached to an aromatic ring is 1. The van der Waals surface area contributed by atoms with E-state index in [4.69, 9.17) is 10.5 Å². The number of aromatic nitrogens is 3. The molecule has 1 fully saturated rings. The molecule has 0 amide bonds. The van der Waals surface area contributed by atoms with E-state index in [1.165, 1.54) is 4.52 Å². The van der Waals surface area contributed by atoms with E-state index in [0.717, 1.165) is 18.5 Å². The van der Waals surface area contributed by atoms with Gasteiger partial charge in [0.1, 0.15) is 11.4 Å². The molecule has 2 N–H and O–H groups in total. The summed E-state index contributed by atoms with van der Waals surface area (Å²) in [6, 6.07) is 1.94. The molecule has 2 aromatic rings. The summed E-state index contributed by atoms with van der Waals surface area (Å²) in [4.78, 5) is 16.3. The molecule has 0 spiro atoms. The second-order valence-electron chi connectivity index (χ2n) is 4.79. The third-order valence-electron chi connectivity index (χ3n) is 3.31. The number of rotatable bonds is 3. The van der Waals surface area contributed by atoms with Gasteiger partial charge in [-0.1, -0.05) is 0 Å². The molecule has 100 valence electrons. The first kappa shape index (κ1) is 12.0. The van der Waals surface area contributed by atoms with Gasteiger partial charge in [-0.25, -0.2) is 9.78 Å². The number of hydrogen-bond acceptors (Lipinski definition) is 5. The van der Waals surface area contributed by atoms with Crippen molar-refractivity contribution in [1.29, 1.82) is 0 Å². The highest BCUT2D eigenvalue weighted by Gasteiger charge is 2.28.